The highest BCUT2D eigenvalue weighted by molar-refractivity contribution is 6.62. The highest BCUT2D eigenvalue weighted by Gasteiger charge is 2.53. The molecule has 14 rings (SSSR count). The van der Waals surface area contributed by atoms with Gasteiger partial charge in [-0.1, -0.05) is 163 Å². The van der Waals surface area contributed by atoms with E-state index in [9.17, 15) is 9.59 Å². The van der Waals surface area contributed by atoms with E-state index in [0.29, 0.717) is 13.1 Å². The fraction of sp³-hybridized carbons (Fsp3) is 0.409. The van der Waals surface area contributed by atoms with Gasteiger partial charge in [-0.25, -0.2) is 19.6 Å². The molecule has 2 unspecified atom stereocenters. The number of hydrogen-bond donors (Lipinski definition) is 2. The molecule has 0 radical (unpaired) electrons. The zero-order valence-corrected chi connectivity index (χ0v) is 65.8. The molecule has 4 aliphatic heterocycles. The highest BCUT2D eigenvalue weighted by Crippen LogP contribution is 2.42. The smallest absolute Gasteiger partial charge is 0.444 e. The average Bonchev–Trinajstić information content (AvgIpc) is 1.69. The summed E-state index contributed by atoms with van der Waals surface area (Å²) in [7, 11) is -0.780. The maximum absolute atomic E-state index is 13.0. The molecule has 106 heavy (non-hydrogen) atoms. The molecule has 8 heterocycles. The van der Waals surface area contributed by atoms with Crippen molar-refractivity contribution in [2.24, 2.45) is 0 Å². The molecule has 6 aromatic carbocycles. The SMILES string of the molecule is CC(C)(C)OC(=O)N1CCCC1c1ncc(-c2ccc(-c3ccc(-c4ccc(-c5cnc(C6CCCN6C(=O)OC(C)(C)C)[nH]5)cc4)n3-c3ccc(C(C)(C)C)cc3)cc2)[nH]1.CC(C)(C)c1ccc(-n2c(-c3ccc(B4OC(C)(C)C(C)(C)O4)cc3)ccc2-c2ccc(B3OC(C)(C)C(C)(C)O3)cc2)cc1. The normalized spacial score (nSPS) is 18.5. The molecular weight excluding hydrogens is 1320 g/mol. The first-order valence-corrected chi connectivity index (χ1v) is 37.7. The molecule has 4 aliphatic rings. The van der Waals surface area contributed by atoms with E-state index >= 15 is 0 Å². The standard InChI is InChI=1S/C50H59N7O4.C38H47B2NO4/c1-48(2,3)36-22-24-37(25-23-36)57-40(34-18-14-32(15-19-34)38-30-51-44(53-38)42-12-10-28-55(42)46(58)60-49(4,5)6)26-27-41(57)35-20-16-33(17-21-35)39-31-52-45(54-39)43-13-11-29-56(43)47(59)61-50(7,8)9;1-34(2,3)28-16-22-31(23-17-28)41-32(26-12-18-29(19-13-26)39-42-35(4,5)36(6,7)43-39)24-25-33(41)27-14-20-30(21-15-27)40-44-37(8,9)38(10,11)45-40/h14-27,30-31,42-43H,10-13,28-29H2,1-9H3,(H,51,53)(H,52,54);12-25H,1-11H3. The molecule has 0 aliphatic carbocycles. The molecule has 2 atom stereocenters. The lowest BCUT2D eigenvalue weighted by molar-refractivity contribution is 0.00578. The van der Waals surface area contributed by atoms with E-state index in [1.165, 1.54) is 11.1 Å². The molecule has 0 saturated carbocycles. The largest absolute Gasteiger partial charge is 0.494 e. The summed E-state index contributed by atoms with van der Waals surface area (Å²) in [4.78, 5) is 46.0. The van der Waals surface area contributed by atoms with E-state index in [2.05, 4.69) is 286 Å². The van der Waals surface area contributed by atoms with Crippen LogP contribution >= 0.6 is 0 Å². The summed E-state index contributed by atoms with van der Waals surface area (Å²) in [6.07, 6.45) is 6.59. The quantitative estimate of drug-likeness (QED) is 0.113. The zero-order valence-electron chi connectivity index (χ0n) is 65.8. The number of likely N-dealkylation sites (tertiary alicyclic amines) is 2. The average molecular weight is 1430 g/mol. The lowest BCUT2D eigenvalue weighted by atomic mass is 9.78. The zero-order chi connectivity index (χ0) is 75.8. The van der Waals surface area contributed by atoms with Crippen LogP contribution in [0.5, 0.6) is 0 Å². The molecule has 2 amide bonds. The molecule has 4 fully saturated rings. The van der Waals surface area contributed by atoms with Gasteiger partial charge in [0.15, 0.2) is 0 Å². The van der Waals surface area contributed by atoms with Crippen LogP contribution in [0.1, 0.15) is 199 Å². The third-order valence-electron chi connectivity index (χ3n) is 21.8. The number of aromatic amines is 2. The van der Waals surface area contributed by atoms with Crippen LogP contribution in [0.2, 0.25) is 0 Å². The summed E-state index contributed by atoms with van der Waals surface area (Å²) in [5, 5.41) is 0. The number of amides is 2. The summed E-state index contributed by atoms with van der Waals surface area (Å²) in [6.45, 7) is 42.8. The van der Waals surface area contributed by atoms with Crippen molar-refractivity contribution in [1.82, 2.24) is 38.9 Å². The molecule has 2 N–H and O–H groups in total. The van der Waals surface area contributed by atoms with Gasteiger partial charge in [0.2, 0.25) is 0 Å². The van der Waals surface area contributed by atoms with E-state index in [0.717, 1.165) is 127 Å². The van der Waals surface area contributed by atoms with Crippen molar-refractivity contribution < 1.29 is 37.7 Å². The fourth-order valence-electron chi connectivity index (χ4n) is 14.3. The number of rotatable bonds is 12. The Balaban J connectivity index is 0.000000196. The Labute approximate surface area is 628 Å². The first-order valence-electron chi connectivity index (χ1n) is 37.7. The van der Waals surface area contributed by atoms with E-state index in [1.54, 1.807) is 9.80 Å². The fourth-order valence-corrected chi connectivity index (χ4v) is 14.3. The predicted octanol–water partition coefficient (Wildman–Crippen LogP) is 19.7. The number of ether oxygens (including phenoxy) is 2. The Bertz CT molecular complexity index is 4490. The van der Waals surface area contributed by atoms with E-state index in [4.69, 9.17) is 38.1 Å². The lowest BCUT2D eigenvalue weighted by Crippen LogP contribution is -2.41. The van der Waals surface area contributed by atoms with E-state index in [-0.39, 0.29) is 71.7 Å². The van der Waals surface area contributed by atoms with Crippen LogP contribution in [0.3, 0.4) is 0 Å². The van der Waals surface area contributed by atoms with Crippen molar-refractivity contribution >= 4 is 37.3 Å². The number of nitrogens with one attached hydrogen (secondary N) is 2. The lowest BCUT2D eigenvalue weighted by Gasteiger charge is -2.32. The minimum atomic E-state index is -0.557. The predicted molar refractivity (Wildman–Crippen MR) is 427 cm³/mol. The van der Waals surface area contributed by atoms with Crippen LogP contribution in [0.4, 0.5) is 9.59 Å². The Morgan fingerprint density at radius 3 is 0.943 bits per heavy atom. The molecule has 18 heteroatoms. The van der Waals surface area contributed by atoms with Gasteiger partial charge in [0.25, 0.3) is 0 Å². The van der Waals surface area contributed by atoms with Gasteiger partial charge in [-0.2, -0.15) is 0 Å². The minimum Gasteiger partial charge on any atom is -0.444 e. The summed E-state index contributed by atoms with van der Waals surface area (Å²) in [5.41, 5.74) is 16.9. The maximum atomic E-state index is 13.0. The summed E-state index contributed by atoms with van der Waals surface area (Å²) < 4.78 is 41.3. The molecule has 552 valence electrons. The Hall–Kier alpha value is -9.19. The molecule has 16 nitrogen and oxygen atoms in total. The second kappa shape index (κ2) is 28.2. The van der Waals surface area contributed by atoms with Gasteiger partial charge in [0.1, 0.15) is 22.9 Å². The third-order valence-corrected chi connectivity index (χ3v) is 21.8. The van der Waals surface area contributed by atoms with Crippen LogP contribution < -0.4 is 10.9 Å². The second-order valence-electron chi connectivity index (χ2n) is 35.1. The molecule has 10 aromatic rings. The van der Waals surface area contributed by atoms with Gasteiger partial charge in [-0.3, -0.25) is 9.80 Å². The number of carbonyl (C=O) groups is 2. The van der Waals surface area contributed by atoms with Crippen LogP contribution in [0, 0.1) is 0 Å². The first kappa shape index (κ1) is 75.1. The topological polar surface area (TPSA) is 163 Å². The minimum absolute atomic E-state index is 0.0309. The van der Waals surface area contributed by atoms with Crippen molar-refractivity contribution in [3.63, 3.8) is 0 Å². The summed E-state index contributed by atoms with van der Waals surface area (Å²) in [6, 6.07) is 60.6. The van der Waals surface area contributed by atoms with Crippen molar-refractivity contribution in [1.29, 1.82) is 0 Å². The van der Waals surface area contributed by atoms with Crippen LogP contribution in [-0.2, 0) is 38.9 Å². The van der Waals surface area contributed by atoms with Crippen molar-refractivity contribution in [2.45, 2.75) is 221 Å². The third kappa shape index (κ3) is 15.7. The van der Waals surface area contributed by atoms with E-state index in [1.807, 2.05) is 53.9 Å². The summed E-state index contributed by atoms with van der Waals surface area (Å²) in [5.74, 6) is 1.55. The van der Waals surface area contributed by atoms with Gasteiger partial charge >= 0.3 is 26.4 Å². The summed E-state index contributed by atoms with van der Waals surface area (Å²) >= 11 is 0. The molecular formula is C88H106B2N8O8. The number of hydrogen-bond acceptors (Lipinski definition) is 10. The monoisotopic (exact) mass is 1420 g/mol. The molecule has 0 spiro atoms. The van der Waals surface area contributed by atoms with Gasteiger partial charge in [0, 0.05) is 24.5 Å². The molecule has 0 bridgehead atoms. The number of imidazole rings is 2. The first-order chi connectivity index (χ1) is 49.8. The number of benzene rings is 6. The number of aromatic nitrogens is 6. The highest BCUT2D eigenvalue weighted by atomic mass is 16.7. The number of H-pyrrole nitrogens is 2. The second-order valence-corrected chi connectivity index (χ2v) is 35.1. The van der Waals surface area contributed by atoms with Crippen molar-refractivity contribution in [3.05, 3.63) is 205 Å². The number of carbonyl (C=O) groups excluding carboxylic acids is 2. The van der Waals surface area contributed by atoms with Gasteiger partial charge in [0.05, 0.1) is 81.0 Å². The number of nitrogens with zero attached hydrogens (tertiary/aromatic N) is 6. The van der Waals surface area contributed by atoms with Gasteiger partial charge < -0.3 is 47.2 Å². The molecule has 4 aromatic heterocycles. The van der Waals surface area contributed by atoms with Crippen LogP contribution in [0.15, 0.2) is 182 Å². The molecule has 4 saturated heterocycles. The van der Waals surface area contributed by atoms with Crippen molar-refractivity contribution in [3.8, 4) is 78.9 Å². The maximum Gasteiger partial charge on any atom is 0.494 e. The Kier molecular flexibility index (Phi) is 20.0. The van der Waals surface area contributed by atoms with E-state index < -0.39 is 11.2 Å². The van der Waals surface area contributed by atoms with Gasteiger partial charge in [-0.05, 0) is 237 Å². The van der Waals surface area contributed by atoms with Crippen molar-refractivity contribution in [2.75, 3.05) is 13.1 Å². The van der Waals surface area contributed by atoms with Crippen LogP contribution in [-0.4, -0.2) is 112 Å². The van der Waals surface area contributed by atoms with Crippen LogP contribution in [0.25, 0.3) is 78.9 Å². The Morgan fingerprint density at radius 1 is 0.396 bits per heavy atom. The van der Waals surface area contributed by atoms with Gasteiger partial charge in [-0.15, -0.1) is 0 Å². The Morgan fingerprint density at radius 2 is 0.670 bits per heavy atom.